The maximum Gasteiger partial charge on any atom is 0.410 e. The Hall–Kier alpha value is -1.62. The van der Waals surface area contributed by atoms with E-state index in [1.165, 1.54) is 17.0 Å². The van der Waals surface area contributed by atoms with Gasteiger partial charge < -0.3 is 9.84 Å². The Bertz CT molecular complexity index is 379. The van der Waals surface area contributed by atoms with Gasteiger partial charge in [0.05, 0.1) is 12.6 Å². The number of rotatable bonds is 3. The quantitative estimate of drug-likeness (QED) is 0.839. The molecular formula is C11H12FNO3. The normalized spacial score (nSPS) is 20.0. The number of aliphatic hydroxyl groups excluding tert-OH is 1. The van der Waals surface area contributed by atoms with Crippen LogP contribution in [0, 0.1) is 5.82 Å². The van der Waals surface area contributed by atoms with Gasteiger partial charge >= 0.3 is 6.09 Å². The van der Waals surface area contributed by atoms with Gasteiger partial charge in [0.2, 0.25) is 0 Å². The van der Waals surface area contributed by atoms with Gasteiger partial charge in [0.25, 0.3) is 0 Å². The van der Waals surface area contributed by atoms with Crippen molar-refractivity contribution in [3.63, 3.8) is 0 Å². The summed E-state index contributed by atoms with van der Waals surface area (Å²) in [5.41, 5.74) is 0.804. The number of cyclic esters (lactones) is 1. The molecular weight excluding hydrogens is 213 g/mol. The van der Waals surface area contributed by atoms with Crippen LogP contribution in [0.4, 0.5) is 9.18 Å². The molecule has 1 heterocycles. The van der Waals surface area contributed by atoms with Crippen LogP contribution in [0.1, 0.15) is 5.56 Å². The van der Waals surface area contributed by atoms with Gasteiger partial charge in [0, 0.05) is 6.54 Å². The zero-order valence-electron chi connectivity index (χ0n) is 8.60. The number of amides is 1. The SMILES string of the molecule is O=C1OCC(CO)N1Cc1ccc(F)cc1. The number of ether oxygens (including phenoxy) is 1. The molecule has 4 nitrogen and oxygen atoms in total. The lowest BCUT2D eigenvalue weighted by Crippen LogP contribution is -2.35. The Morgan fingerprint density at radius 1 is 1.44 bits per heavy atom. The van der Waals surface area contributed by atoms with Crippen LogP contribution in [0.5, 0.6) is 0 Å². The molecule has 1 aliphatic heterocycles. The van der Waals surface area contributed by atoms with E-state index in [1.807, 2.05) is 0 Å². The van der Waals surface area contributed by atoms with Gasteiger partial charge in [-0.15, -0.1) is 0 Å². The number of hydrogen-bond donors (Lipinski definition) is 1. The fourth-order valence-electron chi connectivity index (χ4n) is 1.62. The Balaban J connectivity index is 2.08. The van der Waals surface area contributed by atoms with Crippen molar-refractivity contribution in [2.45, 2.75) is 12.6 Å². The number of hydrogen-bond acceptors (Lipinski definition) is 3. The molecule has 2 rings (SSSR count). The second-order valence-electron chi connectivity index (χ2n) is 3.67. The zero-order chi connectivity index (χ0) is 11.5. The predicted octanol–water partition coefficient (Wildman–Crippen LogP) is 1.14. The van der Waals surface area contributed by atoms with E-state index in [1.54, 1.807) is 12.1 Å². The first-order chi connectivity index (χ1) is 7.70. The van der Waals surface area contributed by atoms with Crippen LogP contribution in [0.3, 0.4) is 0 Å². The molecule has 1 atom stereocenters. The van der Waals surface area contributed by atoms with E-state index in [2.05, 4.69) is 0 Å². The van der Waals surface area contributed by atoms with Gasteiger partial charge in [-0.2, -0.15) is 0 Å². The molecule has 1 saturated heterocycles. The van der Waals surface area contributed by atoms with Crippen LogP contribution in [0.15, 0.2) is 24.3 Å². The molecule has 1 aromatic carbocycles. The van der Waals surface area contributed by atoms with E-state index in [9.17, 15) is 9.18 Å². The van der Waals surface area contributed by atoms with Crippen molar-refractivity contribution in [1.82, 2.24) is 4.90 Å². The molecule has 0 saturated carbocycles. The summed E-state index contributed by atoms with van der Waals surface area (Å²) in [5.74, 6) is -0.313. The van der Waals surface area contributed by atoms with Crippen molar-refractivity contribution in [2.24, 2.45) is 0 Å². The maximum absolute atomic E-state index is 12.7. The van der Waals surface area contributed by atoms with Crippen molar-refractivity contribution < 1.29 is 19.0 Å². The lowest BCUT2D eigenvalue weighted by atomic mass is 10.2. The number of nitrogens with zero attached hydrogens (tertiary/aromatic N) is 1. The molecule has 0 radical (unpaired) electrons. The standard InChI is InChI=1S/C11H12FNO3/c12-9-3-1-8(2-4-9)5-13-10(6-14)7-16-11(13)15/h1-4,10,14H,5-7H2. The Labute approximate surface area is 92.2 Å². The summed E-state index contributed by atoms with van der Waals surface area (Å²) in [6, 6.07) is 5.58. The number of carbonyl (C=O) groups is 1. The average molecular weight is 225 g/mol. The number of aliphatic hydroxyl groups is 1. The summed E-state index contributed by atoms with van der Waals surface area (Å²) in [6.45, 7) is 0.397. The highest BCUT2D eigenvalue weighted by Crippen LogP contribution is 2.16. The highest BCUT2D eigenvalue weighted by atomic mass is 19.1. The number of benzene rings is 1. The van der Waals surface area contributed by atoms with E-state index in [-0.39, 0.29) is 25.1 Å². The smallest absolute Gasteiger partial charge is 0.410 e. The van der Waals surface area contributed by atoms with E-state index in [0.717, 1.165) is 5.56 Å². The summed E-state index contributed by atoms with van der Waals surface area (Å²) in [5, 5.41) is 9.04. The minimum absolute atomic E-state index is 0.132. The van der Waals surface area contributed by atoms with Crippen LogP contribution in [0.2, 0.25) is 0 Å². The first kappa shape index (κ1) is 10.9. The summed E-state index contributed by atoms with van der Waals surface area (Å²) >= 11 is 0. The van der Waals surface area contributed by atoms with Crippen LogP contribution in [0.25, 0.3) is 0 Å². The Kier molecular flexibility index (Phi) is 3.05. The third-order valence-electron chi connectivity index (χ3n) is 2.55. The van der Waals surface area contributed by atoms with E-state index in [4.69, 9.17) is 9.84 Å². The molecule has 1 N–H and O–H groups in total. The predicted molar refractivity (Wildman–Crippen MR) is 54.2 cm³/mol. The Morgan fingerprint density at radius 2 is 2.12 bits per heavy atom. The first-order valence-electron chi connectivity index (χ1n) is 4.99. The van der Waals surface area contributed by atoms with E-state index >= 15 is 0 Å². The van der Waals surface area contributed by atoms with Gasteiger partial charge in [0.15, 0.2) is 0 Å². The van der Waals surface area contributed by atoms with E-state index in [0.29, 0.717) is 6.54 Å². The fourth-order valence-corrected chi connectivity index (χ4v) is 1.62. The molecule has 1 amide bonds. The van der Waals surface area contributed by atoms with Crippen molar-refractivity contribution in [3.05, 3.63) is 35.6 Å². The molecule has 0 spiro atoms. The number of halogens is 1. The number of carbonyl (C=O) groups excluding carboxylic acids is 1. The third kappa shape index (κ3) is 2.14. The summed E-state index contributed by atoms with van der Waals surface area (Å²) in [6.07, 6.45) is -0.441. The molecule has 1 unspecified atom stereocenters. The Morgan fingerprint density at radius 3 is 2.75 bits per heavy atom. The second-order valence-corrected chi connectivity index (χ2v) is 3.67. The van der Waals surface area contributed by atoms with Gasteiger partial charge in [-0.1, -0.05) is 12.1 Å². The second kappa shape index (κ2) is 4.49. The molecule has 0 aliphatic carbocycles. The monoisotopic (exact) mass is 225 g/mol. The molecule has 0 bridgehead atoms. The third-order valence-corrected chi connectivity index (χ3v) is 2.55. The van der Waals surface area contributed by atoms with Crippen molar-refractivity contribution in [1.29, 1.82) is 0 Å². The molecule has 1 aromatic rings. The van der Waals surface area contributed by atoms with Crippen LogP contribution < -0.4 is 0 Å². The molecule has 5 heteroatoms. The maximum atomic E-state index is 12.7. The van der Waals surface area contributed by atoms with Gasteiger partial charge in [-0.05, 0) is 17.7 Å². The van der Waals surface area contributed by atoms with Gasteiger partial charge in [0.1, 0.15) is 12.4 Å². The minimum atomic E-state index is -0.441. The van der Waals surface area contributed by atoms with Crippen LogP contribution in [-0.4, -0.2) is 35.4 Å². The lowest BCUT2D eigenvalue weighted by molar-refractivity contribution is 0.151. The molecule has 86 valence electrons. The van der Waals surface area contributed by atoms with Crippen LogP contribution >= 0.6 is 0 Å². The van der Waals surface area contributed by atoms with Crippen molar-refractivity contribution in [3.8, 4) is 0 Å². The average Bonchev–Trinajstić information content (AvgIpc) is 2.63. The van der Waals surface area contributed by atoms with E-state index < -0.39 is 6.09 Å². The molecule has 1 fully saturated rings. The largest absolute Gasteiger partial charge is 0.447 e. The molecule has 16 heavy (non-hydrogen) atoms. The highest BCUT2D eigenvalue weighted by Gasteiger charge is 2.32. The van der Waals surface area contributed by atoms with Crippen LogP contribution in [-0.2, 0) is 11.3 Å². The van der Waals surface area contributed by atoms with Crippen molar-refractivity contribution >= 4 is 6.09 Å². The molecule has 0 aromatic heterocycles. The molecule has 1 aliphatic rings. The highest BCUT2D eigenvalue weighted by molar-refractivity contribution is 5.70. The van der Waals surface area contributed by atoms with Crippen molar-refractivity contribution in [2.75, 3.05) is 13.2 Å². The lowest BCUT2D eigenvalue weighted by Gasteiger charge is -2.19. The summed E-state index contributed by atoms with van der Waals surface area (Å²) in [7, 11) is 0. The summed E-state index contributed by atoms with van der Waals surface area (Å²) in [4.78, 5) is 12.8. The fraction of sp³-hybridized carbons (Fsp3) is 0.364. The summed E-state index contributed by atoms with van der Waals surface area (Å²) < 4.78 is 17.5. The van der Waals surface area contributed by atoms with Gasteiger partial charge in [-0.3, -0.25) is 4.90 Å². The topological polar surface area (TPSA) is 49.8 Å². The first-order valence-corrected chi connectivity index (χ1v) is 4.99. The minimum Gasteiger partial charge on any atom is -0.447 e. The van der Waals surface area contributed by atoms with Gasteiger partial charge in [-0.25, -0.2) is 9.18 Å². The zero-order valence-corrected chi connectivity index (χ0v) is 8.60.